The maximum absolute atomic E-state index is 13.0. The van der Waals surface area contributed by atoms with Gasteiger partial charge in [0.05, 0.1) is 12.2 Å². The Morgan fingerprint density at radius 3 is 2.43 bits per heavy atom. The number of nitrogens with one attached hydrogen (secondary N) is 1. The molecule has 1 heterocycles. The van der Waals surface area contributed by atoms with Gasteiger partial charge in [0.15, 0.2) is 0 Å². The normalized spacial score (nSPS) is 13.9. The second-order valence-corrected chi connectivity index (χ2v) is 6.59. The Balaban J connectivity index is 2.07. The average Bonchev–Trinajstić information content (AvgIpc) is 2.91. The summed E-state index contributed by atoms with van der Waals surface area (Å²) in [4.78, 5) is 27.2. The summed E-state index contributed by atoms with van der Waals surface area (Å²) in [5.74, 6) is 0.0344. The van der Waals surface area contributed by atoms with Crippen molar-refractivity contribution in [3.05, 3.63) is 77.5 Å². The molecule has 0 unspecified atom stereocenters. The van der Waals surface area contributed by atoms with Gasteiger partial charge in [0.25, 0.3) is 11.8 Å². The number of nitrogens with zero attached hydrogens (tertiary/aromatic N) is 1. The number of benzene rings is 2. The van der Waals surface area contributed by atoms with Crippen LogP contribution in [-0.4, -0.2) is 29.9 Å². The van der Waals surface area contributed by atoms with Crippen molar-refractivity contribution in [2.45, 2.75) is 20.8 Å². The molecule has 0 bridgehead atoms. The molecule has 2 amide bonds. The first kappa shape index (κ1) is 19.4. The Kier molecular flexibility index (Phi) is 5.64. The summed E-state index contributed by atoms with van der Waals surface area (Å²) in [5, 5.41) is 3.21. The lowest BCUT2D eigenvalue weighted by atomic mass is 10.0. The highest BCUT2D eigenvalue weighted by Crippen LogP contribution is 2.32. The molecule has 5 heteroatoms. The van der Waals surface area contributed by atoms with Crippen molar-refractivity contribution in [1.29, 1.82) is 0 Å². The highest BCUT2D eigenvalue weighted by atomic mass is 16.5. The SMILES string of the molecule is C=CCN1C(=O)C(Nc2cccc(C)c2C)=C(c2ccc(OCC)cc2)C1=O. The smallest absolute Gasteiger partial charge is 0.278 e. The van der Waals surface area contributed by atoms with E-state index in [1.807, 2.05) is 39.0 Å². The van der Waals surface area contributed by atoms with Gasteiger partial charge in [-0.15, -0.1) is 6.58 Å². The summed E-state index contributed by atoms with van der Waals surface area (Å²) in [6, 6.07) is 13.0. The van der Waals surface area contributed by atoms with Gasteiger partial charge in [0.1, 0.15) is 11.4 Å². The van der Waals surface area contributed by atoms with Crippen LogP contribution in [0.5, 0.6) is 5.75 Å². The second kappa shape index (κ2) is 8.13. The van der Waals surface area contributed by atoms with Gasteiger partial charge < -0.3 is 10.1 Å². The van der Waals surface area contributed by atoms with Gasteiger partial charge >= 0.3 is 0 Å². The molecule has 144 valence electrons. The van der Waals surface area contributed by atoms with Crippen LogP contribution in [0, 0.1) is 13.8 Å². The van der Waals surface area contributed by atoms with E-state index in [0.29, 0.717) is 17.7 Å². The van der Waals surface area contributed by atoms with Crippen LogP contribution in [-0.2, 0) is 9.59 Å². The molecule has 28 heavy (non-hydrogen) atoms. The Morgan fingerprint density at radius 1 is 1.07 bits per heavy atom. The lowest BCUT2D eigenvalue weighted by Crippen LogP contribution is -2.32. The highest BCUT2D eigenvalue weighted by molar-refractivity contribution is 6.36. The number of carbonyl (C=O) groups excluding carboxylic acids is 2. The Hall–Kier alpha value is -3.34. The molecule has 0 aliphatic carbocycles. The topological polar surface area (TPSA) is 58.6 Å². The molecule has 3 rings (SSSR count). The molecule has 0 saturated carbocycles. The van der Waals surface area contributed by atoms with Crippen LogP contribution in [0.15, 0.2) is 60.8 Å². The van der Waals surface area contributed by atoms with Gasteiger partial charge in [-0.1, -0.05) is 30.3 Å². The molecule has 0 fully saturated rings. The quantitative estimate of drug-likeness (QED) is 0.584. The fourth-order valence-corrected chi connectivity index (χ4v) is 3.16. The summed E-state index contributed by atoms with van der Waals surface area (Å²) in [6.45, 7) is 10.3. The highest BCUT2D eigenvalue weighted by Gasteiger charge is 2.38. The van der Waals surface area contributed by atoms with Gasteiger partial charge in [-0.2, -0.15) is 0 Å². The average molecular weight is 376 g/mol. The fourth-order valence-electron chi connectivity index (χ4n) is 3.16. The maximum atomic E-state index is 13.0. The molecule has 5 nitrogen and oxygen atoms in total. The van der Waals surface area contributed by atoms with Crippen LogP contribution < -0.4 is 10.1 Å². The number of anilines is 1. The zero-order valence-electron chi connectivity index (χ0n) is 16.4. The predicted octanol–water partition coefficient (Wildman–Crippen LogP) is 4.08. The van der Waals surface area contributed by atoms with E-state index in [-0.39, 0.29) is 24.1 Å². The van der Waals surface area contributed by atoms with Crippen LogP contribution in [0.3, 0.4) is 0 Å². The largest absolute Gasteiger partial charge is 0.494 e. The van der Waals surface area contributed by atoms with Gasteiger partial charge in [-0.25, -0.2) is 0 Å². The standard InChI is InChI=1S/C23H24N2O3/c1-5-14-25-22(26)20(17-10-12-18(13-11-17)28-6-2)21(23(25)27)24-19-9-7-8-15(3)16(19)4/h5,7-13,24H,1,6,14H2,2-4H3. The van der Waals surface area contributed by atoms with Gasteiger partial charge in [-0.05, 0) is 55.7 Å². The lowest BCUT2D eigenvalue weighted by Gasteiger charge is -2.14. The van der Waals surface area contributed by atoms with Crippen molar-refractivity contribution in [3.63, 3.8) is 0 Å². The Labute approximate surface area is 165 Å². The number of carbonyl (C=O) groups is 2. The van der Waals surface area contributed by atoms with Gasteiger partial charge in [0.2, 0.25) is 0 Å². The predicted molar refractivity (Wildman–Crippen MR) is 111 cm³/mol. The van der Waals surface area contributed by atoms with E-state index in [9.17, 15) is 9.59 Å². The molecule has 0 aromatic heterocycles. The third-order valence-electron chi connectivity index (χ3n) is 4.80. The summed E-state index contributed by atoms with van der Waals surface area (Å²) in [5.41, 5.74) is 4.25. The first-order chi connectivity index (χ1) is 13.5. The number of hydrogen-bond acceptors (Lipinski definition) is 4. The molecule has 0 saturated heterocycles. The molecule has 1 aliphatic heterocycles. The second-order valence-electron chi connectivity index (χ2n) is 6.59. The van der Waals surface area contributed by atoms with Crippen molar-refractivity contribution in [2.75, 3.05) is 18.5 Å². The minimum atomic E-state index is -0.352. The van der Waals surface area contributed by atoms with E-state index in [1.54, 1.807) is 30.3 Å². The Bertz CT molecular complexity index is 958. The number of hydrogen-bond donors (Lipinski definition) is 1. The third-order valence-corrected chi connectivity index (χ3v) is 4.80. The molecule has 1 N–H and O–H groups in total. The van der Waals surface area contributed by atoms with Gasteiger partial charge in [0, 0.05) is 12.2 Å². The third kappa shape index (κ3) is 3.56. The minimum absolute atomic E-state index is 0.163. The van der Waals surface area contributed by atoms with E-state index in [1.165, 1.54) is 4.90 Å². The molecule has 0 radical (unpaired) electrons. The maximum Gasteiger partial charge on any atom is 0.278 e. The Morgan fingerprint density at radius 2 is 1.79 bits per heavy atom. The zero-order chi connectivity index (χ0) is 20.3. The van der Waals surface area contributed by atoms with E-state index in [2.05, 4.69) is 11.9 Å². The molecular weight excluding hydrogens is 352 g/mol. The van der Waals surface area contributed by atoms with E-state index < -0.39 is 0 Å². The summed E-state index contributed by atoms with van der Waals surface area (Å²) >= 11 is 0. The van der Waals surface area contributed by atoms with Crippen LogP contribution in [0.4, 0.5) is 5.69 Å². The monoisotopic (exact) mass is 376 g/mol. The summed E-state index contributed by atoms with van der Waals surface area (Å²) < 4.78 is 5.48. The number of aryl methyl sites for hydroxylation is 1. The van der Waals surface area contributed by atoms with Crippen LogP contribution in [0.1, 0.15) is 23.6 Å². The van der Waals surface area contributed by atoms with Crippen molar-refractivity contribution in [2.24, 2.45) is 0 Å². The van der Waals surface area contributed by atoms with E-state index in [0.717, 1.165) is 22.6 Å². The number of rotatable bonds is 7. The molecule has 2 aromatic rings. The molecule has 0 spiro atoms. The number of imide groups is 1. The summed E-state index contributed by atoms with van der Waals surface area (Å²) in [6.07, 6.45) is 1.55. The lowest BCUT2D eigenvalue weighted by molar-refractivity contribution is -0.136. The van der Waals surface area contributed by atoms with Crippen LogP contribution >= 0.6 is 0 Å². The number of amides is 2. The first-order valence-corrected chi connectivity index (χ1v) is 9.25. The minimum Gasteiger partial charge on any atom is -0.494 e. The van der Waals surface area contributed by atoms with Crippen LogP contribution in [0.25, 0.3) is 5.57 Å². The fraction of sp³-hybridized carbons (Fsp3) is 0.217. The molecular formula is C23H24N2O3. The number of ether oxygens (including phenoxy) is 1. The summed E-state index contributed by atoms with van der Waals surface area (Å²) in [7, 11) is 0. The zero-order valence-corrected chi connectivity index (χ0v) is 16.4. The van der Waals surface area contributed by atoms with E-state index >= 15 is 0 Å². The first-order valence-electron chi connectivity index (χ1n) is 9.25. The van der Waals surface area contributed by atoms with Crippen molar-refractivity contribution in [3.8, 4) is 5.75 Å². The van der Waals surface area contributed by atoms with E-state index in [4.69, 9.17) is 4.74 Å². The van der Waals surface area contributed by atoms with Gasteiger partial charge in [-0.3, -0.25) is 14.5 Å². The van der Waals surface area contributed by atoms with Crippen molar-refractivity contribution < 1.29 is 14.3 Å². The van der Waals surface area contributed by atoms with Crippen molar-refractivity contribution >= 4 is 23.1 Å². The van der Waals surface area contributed by atoms with Crippen molar-refractivity contribution in [1.82, 2.24) is 4.90 Å². The molecule has 0 atom stereocenters. The molecule has 2 aromatic carbocycles. The molecule has 1 aliphatic rings. The van der Waals surface area contributed by atoms with Crippen LogP contribution in [0.2, 0.25) is 0 Å².